The van der Waals surface area contributed by atoms with Crippen molar-refractivity contribution >= 4 is 17.6 Å². The Hall–Kier alpha value is -1.76. The molecule has 6 nitrogen and oxygen atoms in total. The number of ether oxygens (including phenoxy) is 1. The summed E-state index contributed by atoms with van der Waals surface area (Å²) >= 11 is 1.79. The first-order valence-electron chi connectivity index (χ1n) is 5.64. The number of nitrogens with one attached hydrogen (secondary N) is 1. The topological polar surface area (TPSA) is 64.9 Å². The number of aromatic nitrogens is 4. The van der Waals surface area contributed by atoms with Crippen LogP contribution in [0.4, 0.5) is 5.82 Å². The molecular weight excluding hydrogens is 250 g/mol. The third kappa shape index (κ3) is 2.13. The Kier molecular flexibility index (Phi) is 3.06. The molecule has 18 heavy (non-hydrogen) atoms. The first kappa shape index (κ1) is 11.3. The SMILES string of the molecule is COc1nccnc1NCc1cn2c(n1)SCC2. The van der Waals surface area contributed by atoms with Gasteiger partial charge in [0.1, 0.15) is 0 Å². The molecule has 3 rings (SSSR count). The highest BCUT2D eigenvalue weighted by molar-refractivity contribution is 7.99. The number of thioether (sulfide) groups is 1. The van der Waals surface area contributed by atoms with Crippen molar-refractivity contribution in [3.05, 3.63) is 24.3 Å². The van der Waals surface area contributed by atoms with Gasteiger partial charge in [0.15, 0.2) is 11.0 Å². The van der Waals surface area contributed by atoms with Crippen LogP contribution in [0, 0.1) is 0 Å². The summed E-state index contributed by atoms with van der Waals surface area (Å²) in [4.78, 5) is 12.8. The maximum atomic E-state index is 5.13. The molecule has 3 heterocycles. The number of anilines is 1. The monoisotopic (exact) mass is 263 g/mol. The number of rotatable bonds is 4. The average molecular weight is 263 g/mol. The van der Waals surface area contributed by atoms with Crippen molar-refractivity contribution in [2.75, 3.05) is 18.2 Å². The fourth-order valence-corrected chi connectivity index (χ4v) is 2.78. The van der Waals surface area contributed by atoms with E-state index in [1.54, 1.807) is 31.3 Å². The van der Waals surface area contributed by atoms with Crippen LogP contribution in [0.3, 0.4) is 0 Å². The molecule has 0 aromatic carbocycles. The van der Waals surface area contributed by atoms with E-state index in [4.69, 9.17) is 4.74 Å². The van der Waals surface area contributed by atoms with E-state index < -0.39 is 0 Å². The Labute approximate surface area is 109 Å². The molecule has 0 bridgehead atoms. The van der Waals surface area contributed by atoms with Gasteiger partial charge in [-0.05, 0) is 0 Å². The summed E-state index contributed by atoms with van der Waals surface area (Å²) in [6.07, 6.45) is 5.31. The van der Waals surface area contributed by atoms with Crippen molar-refractivity contribution in [2.45, 2.75) is 18.2 Å². The van der Waals surface area contributed by atoms with Crippen molar-refractivity contribution in [2.24, 2.45) is 0 Å². The molecule has 2 aromatic heterocycles. The molecule has 7 heteroatoms. The number of fused-ring (bicyclic) bond motifs is 1. The van der Waals surface area contributed by atoms with E-state index in [0.29, 0.717) is 18.2 Å². The second-order valence-electron chi connectivity index (χ2n) is 3.82. The molecule has 94 valence electrons. The number of nitrogens with zero attached hydrogens (tertiary/aromatic N) is 4. The van der Waals surface area contributed by atoms with Crippen LogP contribution in [-0.4, -0.2) is 32.4 Å². The van der Waals surface area contributed by atoms with Gasteiger partial charge in [-0.15, -0.1) is 0 Å². The summed E-state index contributed by atoms with van der Waals surface area (Å²) in [5, 5.41) is 4.28. The van der Waals surface area contributed by atoms with Crippen LogP contribution >= 0.6 is 11.8 Å². The van der Waals surface area contributed by atoms with Crippen LogP contribution in [0.15, 0.2) is 23.7 Å². The Balaban J connectivity index is 1.70. The summed E-state index contributed by atoms with van der Waals surface area (Å²) in [6, 6.07) is 0. The Morgan fingerprint density at radius 3 is 3.17 bits per heavy atom. The van der Waals surface area contributed by atoms with Gasteiger partial charge in [-0.1, -0.05) is 11.8 Å². The molecule has 0 radical (unpaired) electrons. The maximum Gasteiger partial charge on any atom is 0.257 e. The van der Waals surface area contributed by atoms with Gasteiger partial charge in [-0.25, -0.2) is 15.0 Å². The van der Waals surface area contributed by atoms with E-state index in [-0.39, 0.29) is 0 Å². The van der Waals surface area contributed by atoms with Gasteiger partial charge in [0.05, 0.1) is 19.3 Å². The van der Waals surface area contributed by atoms with E-state index in [9.17, 15) is 0 Å². The molecular formula is C11H13N5OS. The average Bonchev–Trinajstić information content (AvgIpc) is 2.97. The van der Waals surface area contributed by atoms with Crippen LogP contribution < -0.4 is 10.1 Å². The molecule has 0 fully saturated rings. The zero-order valence-corrected chi connectivity index (χ0v) is 10.8. The van der Waals surface area contributed by atoms with Crippen molar-refractivity contribution < 1.29 is 4.74 Å². The summed E-state index contributed by atoms with van der Waals surface area (Å²) in [5.74, 6) is 2.26. The minimum absolute atomic E-state index is 0.499. The number of methoxy groups -OCH3 is 1. The minimum atomic E-state index is 0.499. The van der Waals surface area contributed by atoms with E-state index in [1.807, 2.05) is 0 Å². The van der Waals surface area contributed by atoms with Crippen LogP contribution in [0.25, 0.3) is 0 Å². The fraction of sp³-hybridized carbons (Fsp3) is 0.364. The van der Waals surface area contributed by atoms with Crippen LogP contribution in [0.2, 0.25) is 0 Å². The third-order valence-corrected chi connectivity index (χ3v) is 3.62. The van der Waals surface area contributed by atoms with E-state index in [2.05, 4.69) is 31.0 Å². The lowest BCUT2D eigenvalue weighted by Crippen LogP contribution is -2.04. The van der Waals surface area contributed by atoms with Gasteiger partial charge < -0.3 is 14.6 Å². The minimum Gasteiger partial charge on any atom is -0.478 e. The van der Waals surface area contributed by atoms with Crippen molar-refractivity contribution in [3.63, 3.8) is 0 Å². The summed E-state index contributed by atoms with van der Waals surface area (Å²) in [7, 11) is 1.58. The number of aryl methyl sites for hydroxylation is 1. The molecule has 0 unspecified atom stereocenters. The van der Waals surface area contributed by atoms with Gasteiger partial charge in [-0.2, -0.15) is 0 Å². The zero-order valence-electron chi connectivity index (χ0n) is 9.96. The van der Waals surface area contributed by atoms with Crippen molar-refractivity contribution in [1.82, 2.24) is 19.5 Å². The molecule has 2 aromatic rings. The normalized spacial score (nSPS) is 13.4. The van der Waals surface area contributed by atoms with Gasteiger partial charge >= 0.3 is 0 Å². The number of hydrogen-bond donors (Lipinski definition) is 1. The quantitative estimate of drug-likeness (QED) is 0.899. The molecule has 0 aliphatic carbocycles. The molecule has 0 saturated heterocycles. The van der Waals surface area contributed by atoms with Gasteiger partial charge in [0.2, 0.25) is 0 Å². The first-order chi connectivity index (χ1) is 8.86. The Morgan fingerprint density at radius 1 is 1.44 bits per heavy atom. The number of imidazole rings is 1. The molecule has 1 N–H and O–H groups in total. The predicted molar refractivity (Wildman–Crippen MR) is 68.9 cm³/mol. The van der Waals surface area contributed by atoms with Crippen molar-refractivity contribution in [3.8, 4) is 5.88 Å². The molecule has 1 aliphatic rings. The largest absolute Gasteiger partial charge is 0.478 e. The van der Waals surface area contributed by atoms with Crippen LogP contribution in [0.5, 0.6) is 5.88 Å². The summed E-state index contributed by atoms with van der Waals surface area (Å²) < 4.78 is 7.31. The van der Waals surface area contributed by atoms with Crippen LogP contribution in [0.1, 0.15) is 5.69 Å². The second-order valence-corrected chi connectivity index (χ2v) is 4.89. The lowest BCUT2D eigenvalue weighted by Gasteiger charge is -2.06. The Morgan fingerprint density at radius 2 is 2.33 bits per heavy atom. The van der Waals surface area contributed by atoms with Gasteiger partial charge in [0, 0.05) is 30.9 Å². The highest BCUT2D eigenvalue weighted by atomic mass is 32.2. The van der Waals surface area contributed by atoms with Gasteiger partial charge in [0.25, 0.3) is 5.88 Å². The number of hydrogen-bond acceptors (Lipinski definition) is 6. The lowest BCUT2D eigenvalue weighted by molar-refractivity contribution is 0.397. The smallest absolute Gasteiger partial charge is 0.257 e. The fourth-order valence-electron chi connectivity index (χ4n) is 1.82. The van der Waals surface area contributed by atoms with Crippen molar-refractivity contribution in [1.29, 1.82) is 0 Å². The Bertz CT molecular complexity index is 535. The van der Waals surface area contributed by atoms with E-state index in [0.717, 1.165) is 23.1 Å². The third-order valence-electron chi connectivity index (χ3n) is 2.65. The molecule has 0 amide bonds. The lowest BCUT2D eigenvalue weighted by atomic mass is 10.4. The highest BCUT2D eigenvalue weighted by Crippen LogP contribution is 2.25. The zero-order chi connectivity index (χ0) is 12.4. The predicted octanol–water partition coefficient (Wildman–Crippen LogP) is 1.40. The highest BCUT2D eigenvalue weighted by Gasteiger charge is 2.14. The van der Waals surface area contributed by atoms with E-state index >= 15 is 0 Å². The molecule has 0 atom stereocenters. The summed E-state index contributed by atoms with van der Waals surface area (Å²) in [5.41, 5.74) is 1.00. The first-order valence-corrected chi connectivity index (χ1v) is 6.63. The van der Waals surface area contributed by atoms with E-state index in [1.165, 1.54) is 0 Å². The maximum absolute atomic E-state index is 5.13. The molecule has 1 aliphatic heterocycles. The summed E-state index contributed by atoms with van der Waals surface area (Å²) in [6.45, 7) is 1.66. The van der Waals surface area contributed by atoms with Gasteiger partial charge in [-0.3, -0.25) is 0 Å². The second kappa shape index (κ2) is 4.85. The molecule has 0 saturated carbocycles. The molecule has 0 spiro atoms. The standard InChI is InChI=1S/C11H13N5OS/c1-17-10-9(12-2-3-13-10)14-6-8-7-16-4-5-18-11(16)15-8/h2-3,7H,4-6H2,1H3,(H,12,14). The van der Waals surface area contributed by atoms with Crippen LogP contribution in [-0.2, 0) is 13.1 Å².